The third kappa shape index (κ3) is 6.20. The number of methoxy groups -OCH3 is 2. The molecule has 0 aromatic heterocycles. The van der Waals surface area contributed by atoms with Gasteiger partial charge in [-0.25, -0.2) is 0 Å². The van der Waals surface area contributed by atoms with Crippen molar-refractivity contribution < 1.29 is 23.9 Å². The maximum atomic E-state index is 13.2. The maximum absolute atomic E-state index is 13.2. The fourth-order valence-corrected chi connectivity index (χ4v) is 3.14. The number of hydrogen-bond acceptors (Lipinski definition) is 7. The van der Waals surface area contributed by atoms with Gasteiger partial charge in [-0.1, -0.05) is 48.5 Å². The van der Waals surface area contributed by atoms with Gasteiger partial charge in [0.05, 0.1) is 36.9 Å². The lowest BCUT2D eigenvalue weighted by Gasteiger charge is -2.25. The van der Waals surface area contributed by atoms with Crippen LogP contribution in [0.3, 0.4) is 0 Å². The third-order valence-corrected chi connectivity index (χ3v) is 4.76. The summed E-state index contributed by atoms with van der Waals surface area (Å²) in [6, 6.07) is 21.3. The molecule has 0 heterocycles. The minimum atomic E-state index is -0.650. The number of para-hydroxylation sites is 1. The number of nitro groups is 1. The van der Waals surface area contributed by atoms with E-state index < -0.39 is 16.5 Å². The fourth-order valence-electron chi connectivity index (χ4n) is 3.14. The number of hydrazine groups is 1. The van der Waals surface area contributed by atoms with Gasteiger partial charge in [0.1, 0.15) is 12.2 Å². The Balaban J connectivity index is 1.93. The molecule has 0 aliphatic rings. The van der Waals surface area contributed by atoms with Crippen molar-refractivity contribution in [1.29, 1.82) is 0 Å². The number of ether oxygens (including phenoxy) is 3. The average Bonchev–Trinajstić information content (AvgIpc) is 2.84. The van der Waals surface area contributed by atoms with Gasteiger partial charge in [-0.3, -0.25) is 25.3 Å². The summed E-state index contributed by atoms with van der Waals surface area (Å²) in [5.74, 6) is -0.290. The number of carbonyl (C=O) groups is 1. The first-order valence-corrected chi connectivity index (χ1v) is 10.2. The zero-order valence-electron chi connectivity index (χ0n) is 18.4. The number of rotatable bonds is 11. The van der Waals surface area contributed by atoms with Crippen LogP contribution in [0.2, 0.25) is 0 Å². The van der Waals surface area contributed by atoms with Crippen LogP contribution in [-0.4, -0.2) is 38.3 Å². The van der Waals surface area contributed by atoms with Gasteiger partial charge < -0.3 is 14.2 Å². The van der Waals surface area contributed by atoms with E-state index in [2.05, 4.69) is 5.43 Å². The molecule has 0 unspecified atom stereocenters. The smallest absolute Gasteiger partial charge is 0.286 e. The molecular formula is C24H25N3O6. The Morgan fingerprint density at radius 3 is 2.24 bits per heavy atom. The average molecular weight is 451 g/mol. The number of nitrogens with zero attached hydrogens (tertiary/aromatic N) is 2. The Morgan fingerprint density at radius 1 is 0.970 bits per heavy atom. The molecule has 3 aromatic rings. The molecule has 172 valence electrons. The van der Waals surface area contributed by atoms with Crippen LogP contribution in [0.15, 0.2) is 72.8 Å². The highest BCUT2D eigenvalue weighted by molar-refractivity contribution is 5.99. The summed E-state index contributed by atoms with van der Waals surface area (Å²) in [4.78, 5) is 24.3. The molecule has 1 N–H and O–H groups in total. The van der Waals surface area contributed by atoms with Crippen LogP contribution in [0.5, 0.6) is 11.5 Å². The van der Waals surface area contributed by atoms with Gasteiger partial charge in [-0.2, -0.15) is 0 Å². The minimum absolute atomic E-state index is 0.148. The number of anilines is 1. The predicted octanol–water partition coefficient (Wildman–Crippen LogP) is 3.98. The van der Waals surface area contributed by atoms with E-state index in [9.17, 15) is 14.9 Å². The van der Waals surface area contributed by atoms with E-state index in [0.29, 0.717) is 13.2 Å². The molecule has 1 amide bonds. The van der Waals surface area contributed by atoms with Crippen LogP contribution >= 0.6 is 0 Å². The van der Waals surface area contributed by atoms with E-state index in [1.165, 1.54) is 26.4 Å². The molecule has 3 rings (SSSR count). The Bertz CT molecular complexity index is 1080. The van der Waals surface area contributed by atoms with Gasteiger partial charge in [0.15, 0.2) is 11.5 Å². The summed E-state index contributed by atoms with van der Waals surface area (Å²) >= 11 is 0. The minimum Gasteiger partial charge on any atom is -0.493 e. The van der Waals surface area contributed by atoms with Crippen molar-refractivity contribution in [3.8, 4) is 11.5 Å². The predicted molar refractivity (Wildman–Crippen MR) is 124 cm³/mol. The van der Waals surface area contributed by atoms with Crippen molar-refractivity contribution in [2.75, 3.05) is 32.4 Å². The topological polar surface area (TPSA) is 103 Å². The summed E-state index contributed by atoms with van der Waals surface area (Å²) in [6.07, 6.45) is 0. The fraction of sp³-hybridized carbons (Fsp3) is 0.208. The van der Waals surface area contributed by atoms with Crippen molar-refractivity contribution >= 4 is 17.3 Å². The Hall–Kier alpha value is -4.11. The van der Waals surface area contributed by atoms with E-state index in [4.69, 9.17) is 14.2 Å². The van der Waals surface area contributed by atoms with Crippen LogP contribution < -0.4 is 19.9 Å². The number of hydrogen-bond donors (Lipinski definition) is 1. The van der Waals surface area contributed by atoms with Crippen LogP contribution in [0.1, 0.15) is 15.9 Å². The van der Waals surface area contributed by atoms with E-state index in [-0.39, 0.29) is 23.7 Å². The van der Waals surface area contributed by atoms with Crippen molar-refractivity contribution in [2.24, 2.45) is 0 Å². The molecular weight excluding hydrogens is 426 g/mol. The number of nitro benzene ring substituents is 1. The first kappa shape index (κ1) is 23.6. The number of nitrogens with one attached hydrogen (secondary N) is 1. The van der Waals surface area contributed by atoms with Crippen molar-refractivity contribution in [3.63, 3.8) is 0 Å². The van der Waals surface area contributed by atoms with Gasteiger partial charge in [-0.05, 0) is 17.7 Å². The number of carbonyl (C=O) groups excluding carboxylic acids is 1. The zero-order chi connectivity index (χ0) is 23.6. The summed E-state index contributed by atoms with van der Waals surface area (Å²) < 4.78 is 15.8. The molecule has 0 aliphatic heterocycles. The third-order valence-electron chi connectivity index (χ3n) is 4.76. The molecule has 0 saturated heterocycles. The van der Waals surface area contributed by atoms with Crippen molar-refractivity contribution in [1.82, 2.24) is 5.43 Å². The highest BCUT2D eigenvalue weighted by Crippen LogP contribution is 2.35. The number of amides is 1. The van der Waals surface area contributed by atoms with Crippen molar-refractivity contribution in [3.05, 3.63) is 94.0 Å². The molecule has 0 saturated carbocycles. The lowest BCUT2D eigenvalue weighted by Crippen LogP contribution is -2.42. The SMILES string of the molecule is COCCOc1cc([N+](=O)[O-])c(C(=O)NN(Cc2ccccc2)c2ccccc2)cc1OC. The Labute approximate surface area is 191 Å². The largest absolute Gasteiger partial charge is 0.493 e. The molecule has 9 heteroatoms. The molecule has 0 atom stereocenters. The van der Waals surface area contributed by atoms with E-state index >= 15 is 0 Å². The standard InChI is InChI=1S/C24H25N3O6/c1-31-13-14-33-23-16-21(27(29)30)20(15-22(23)32-2)24(28)25-26(19-11-7-4-8-12-19)17-18-9-5-3-6-10-18/h3-12,15-16H,13-14,17H2,1-2H3,(H,25,28). The summed E-state index contributed by atoms with van der Waals surface area (Å²) in [5, 5.41) is 13.4. The van der Waals surface area contributed by atoms with Crippen LogP contribution in [0.25, 0.3) is 0 Å². The van der Waals surface area contributed by atoms with E-state index in [1.807, 2.05) is 60.7 Å². The first-order valence-electron chi connectivity index (χ1n) is 10.2. The lowest BCUT2D eigenvalue weighted by molar-refractivity contribution is -0.385. The molecule has 0 radical (unpaired) electrons. The molecule has 0 fully saturated rings. The summed E-state index contributed by atoms with van der Waals surface area (Å²) in [7, 11) is 2.92. The second-order valence-corrected chi connectivity index (χ2v) is 6.97. The van der Waals surface area contributed by atoms with E-state index in [0.717, 1.165) is 11.3 Å². The monoisotopic (exact) mass is 451 g/mol. The van der Waals surface area contributed by atoms with Gasteiger partial charge in [0.2, 0.25) is 0 Å². The van der Waals surface area contributed by atoms with Gasteiger partial charge in [-0.15, -0.1) is 0 Å². The Kier molecular flexibility index (Phi) is 8.20. The second kappa shape index (κ2) is 11.5. The van der Waals surface area contributed by atoms with E-state index in [1.54, 1.807) is 5.01 Å². The molecule has 0 bridgehead atoms. The molecule has 3 aromatic carbocycles. The maximum Gasteiger partial charge on any atom is 0.286 e. The molecule has 0 aliphatic carbocycles. The number of benzene rings is 3. The van der Waals surface area contributed by atoms with Crippen LogP contribution in [0.4, 0.5) is 11.4 Å². The molecule has 33 heavy (non-hydrogen) atoms. The van der Waals surface area contributed by atoms with Gasteiger partial charge in [0, 0.05) is 13.2 Å². The van der Waals surface area contributed by atoms with Crippen molar-refractivity contribution in [2.45, 2.75) is 6.54 Å². The molecule has 9 nitrogen and oxygen atoms in total. The first-order chi connectivity index (χ1) is 16.0. The quantitative estimate of drug-likeness (QED) is 0.267. The highest BCUT2D eigenvalue weighted by Gasteiger charge is 2.26. The van der Waals surface area contributed by atoms with Gasteiger partial charge in [0.25, 0.3) is 11.6 Å². The zero-order valence-corrected chi connectivity index (χ0v) is 18.4. The molecule has 0 spiro atoms. The summed E-state index contributed by atoms with van der Waals surface area (Å²) in [5.41, 5.74) is 3.93. The highest BCUT2D eigenvalue weighted by atomic mass is 16.6. The normalized spacial score (nSPS) is 10.4. The van der Waals surface area contributed by atoms with Crippen LogP contribution in [0, 0.1) is 10.1 Å². The van der Waals surface area contributed by atoms with Crippen LogP contribution in [-0.2, 0) is 11.3 Å². The van der Waals surface area contributed by atoms with Gasteiger partial charge >= 0.3 is 0 Å². The second-order valence-electron chi connectivity index (χ2n) is 6.97. The summed E-state index contributed by atoms with van der Waals surface area (Å²) in [6.45, 7) is 0.832. The Morgan fingerprint density at radius 2 is 1.64 bits per heavy atom. The lowest BCUT2D eigenvalue weighted by atomic mass is 10.1.